The Kier molecular flexibility index (Phi) is 7.29. The highest BCUT2D eigenvalue weighted by Crippen LogP contribution is 2.46. The molecular formula is C33H34N2O4. The number of rotatable bonds is 6. The summed E-state index contributed by atoms with van der Waals surface area (Å²) in [5, 5.41) is 6.52. The van der Waals surface area contributed by atoms with Crippen LogP contribution in [-0.4, -0.2) is 25.9 Å². The van der Waals surface area contributed by atoms with Gasteiger partial charge in [0.1, 0.15) is 0 Å². The molecule has 200 valence electrons. The highest BCUT2D eigenvalue weighted by Gasteiger charge is 2.41. The lowest BCUT2D eigenvalue weighted by molar-refractivity contribution is -0.116. The molecule has 2 aliphatic rings. The van der Waals surface area contributed by atoms with Crippen LogP contribution in [0.3, 0.4) is 0 Å². The molecule has 39 heavy (non-hydrogen) atoms. The van der Waals surface area contributed by atoms with E-state index < -0.39 is 5.92 Å². The Morgan fingerprint density at radius 3 is 2.28 bits per heavy atom. The van der Waals surface area contributed by atoms with Gasteiger partial charge in [0.15, 0.2) is 17.3 Å². The molecule has 6 nitrogen and oxygen atoms in total. The van der Waals surface area contributed by atoms with Crippen molar-refractivity contribution < 1.29 is 19.1 Å². The number of nitrogens with one attached hydrogen (secondary N) is 2. The Morgan fingerprint density at radius 1 is 0.846 bits per heavy atom. The van der Waals surface area contributed by atoms with Crippen LogP contribution < -0.4 is 20.1 Å². The summed E-state index contributed by atoms with van der Waals surface area (Å²) < 4.78 is 10.9. The highest BCUT2D eigenvalue weighted by atomic mass is 16.5. The molecule has 1 aliphatic carbocycles. The van der Waals surface area contributed by atoms with Crippen molar-refractivity contribution in [3.63, 3.8) is 0 Å². The molecule has 1 amide bonds. The standard InChI is InChI=1S/C33H34N2O4/c1-19-9-12-25(13-10-19)35-33(37)30-21(3)34-26-16-24(22-11-14-28(38-4)29(18-22)39-5)17-27(36)32(26)31(30)23-8-6-7-20(2)15-23/h6-15,18,24,31,34H,16-17H2,1-5H3,(H,35,37)/t24-,31+/m0/s1. The predicted molar refractivity (Wildman–Crippen MR) is 153 cm³/mol. The number of carbonyl (C=O) groups excluding carboxylic acids is 2. The number of ether oxygens (including phenoxy) is 2. The third-order valence-electron chi connectivity index (χ3n) is 7.64. The minimum atomic E-state index is -0.453. The quantitative estimate of drug-likeness (QED) is 0.396. The van der Waals surface area contributed by atoms with Crippen LogP contribution in [0.2, 0.25) is 0 Å². The zero-order valence-electron chi connectivity index (χ0n) is 23.1. The van der Waals surface area contributed by atoms with Crippen LogP contribution >= 0.6 is 0 Å². The zero-order valence-corrected chi connectivity index (χ0v) is 23.1. The number of allylic oxidation sites excluding steroid dienone is 3. The van der Waals surface area contributed by atoms with Gasteiger partial charge in [-0.15, -0.1) is 0 Å². The van der Waals surface area contributed by atoms with Gasteiger partial charge in [-0.2, -0.15) is 0 Å². The normalized spacial score (nSPS) is 18.8. The fourth-order valence-corrected chi connectivity index (χ4v) is 5.70. The van der Waals surface area contributed by atoms with Crippen molar-refractivity contribution in [2.24, 2.45) is 0 Å². The van der Waals surface area contributed by atoms with Crippen molar-refractivity contribution >= 4 is 17.4 Å². The van der Waals surface area contributed by atoms with Gasteiger partial charge in [0.2, 0.25) is 0 Å². The molecule has 6 heteroatoms. The molecule has 0 saturated heterocycles. The molecule has 2 atom stereocenters. The fraction of sp³-hybridized carbons (Fsp3) is 0.273. The van der Waals surface area contributed by atoms with Crippen molar-refractivity contribution in [2.75, 3.05) is 19.5 Å². The van der Waals surface area contributed by atoms with Gasteiger partial charge in [-0.25, -0.2) is 0 Å². The van der Waals surface area contributed by atoms with E-state index in [2.05, 4.69) is 16.7 Å². The topological polar surface area (TPSA) is 76.7 Å². The summed E-state index contributed by atoms with van der Waals surface area (Å²) in [6.07, 6.45) is 1.01. The van der Waals surface area contributed by atoms with Gasteiger partial charge in [0.05, 0.1) is 14.2 Å². The van der Waals surface area contributed by atoms with E-state index in [1.165, 1.54) is 0 Å². The third-order valence-corrected chi connectivity index (χ3v) is 7.64. The second-order valence-electron chi connectivity index (χ2n) is 10.4. The molecule has 0 bridgehead atoms. The number of benzene rings is 3. The molecule has 1 heterocycles. The number of aryl methyl sites for hydroxylation is 2. The largest absolute Gasteiger partial charge is 0.493 e. The summed E-state index contributed by atoms with van der Waals surface area (Å²) >= 11 is 0. The van der Waals surface area contributed by atoms with Gasteiger partial charge in [-0.05, 0) is 68.5 Å². The molecule has 5 rings (SSSR count). The van der Waals surface area contributed by atoms with Crippen LogP contribution in [0, 0.1) is 13.8 Å². The molecule has 2 N–H and O–H groups in total. The number of dihydropyridines is 1. The number of amides is 1. The first-order valence-electron chi connectivity index (χ1n) is 13.2. The van der Waals surface area contributed by atoms with E-state index in [4.69, 9.17) is 9.47 Å². The molecule has 0 spiro atoms. The fourth-order valence-electron chi connectivity index (χ4n) is 5.70. The Balaban J connectivity index is 1.54. The van der Waals surface area contributed by atoms with E-state index in [1.54, 1.807) is 14.2 Å². The molecular weight excluding hydrogens is 488 g/mol. The van der Waals surface area contributed by atoms with E-state index in [9.17, 15) is 9.59 Å². The Bertz CT molecular complexity index is 1500. The molecule has 0 aromatic heterocycles. The van der Waals surface area contributed by atoms with Crippen LogP contribution in [-0.2, 0) is 9.59 Å². The first-order valence-corrected chi connectivity index (χ1v) is 13.2. The van der Waals surface area contributed by atoms with Gasteiger partial charge in [-0.3, -0.25) is 9.59 Å². The number of ketones is 1. The van der Waals surface area contributed by atoms with Gasteiger partial charge >= 0.3 is 0 Å². The third kappa shape index (κ3) is 5.19. The number of Topliss-reactive ketones (excluding diaryl/α,β-unsaturated/α-hetero) is 1. The zero-order chi connectivity index (χ0) is 27.7. The SMILES string of the molecule is COc1ccc([C@@H]2CC(=O)C3=C(C2)NC(C)=C(C(=O)Nc2ccc(C)cc2)[C@H]3c2cccc(C)c2)cc1OC. The van der Waals surface area contributed by atoms with Crippen molar-refractivity contribution in [1.82, 2.24) is 5.32 Å². The van der Waals surface area contributed by atoms with Crippen molar-refractivity contribution in [3.8, 4) is 11.5 Å². The summed E-state index contributed by atoms with van der Waals surface area (Å²) in [6.45, 7) is 5.95. The first-order chi connectivity index (χ1) is 18.8. The molecule has 1 aliphatic heterocycles. The van der Waals surface area contributed by atoms with Crippen LogP contribution in [0.5, 0.6) is 11.5 Å². The number of methoxy groups -OCH3 is 2. The van der Waals surface area contributed by atoms with Crippen LogP contribution in [0.4, 0.5) is 5.69 Å². The monoisotopic (exact) mass is 522 g/mol. The van der Waals surface area contributed by atoms with Crippen molar-refractivity contribution in [3.05, 3.63) is 112 Å². The summed E-state index contributed by atoms with van der Waals surface area (Å²) in [4.78, 5) is 27.7. The second kappa shape index (κ2) is 10.8. The minimum absolute atomic E-state index is 0.0162. The van der Waals surface area contributed by atoms with Gasteiger partial charge < -0.3 is 20.1 Å². The maximum Gasteiger partial charge on any atom is 0.254 e. The van der Waals surface area contributed by atoms with Gasteiger partial charge in [0.25, 0.3) is 5.91 Å². The average Bonchev–Trinajstić information content (AvgIpc) is 2.92. The van der Waals surface area contributed by atoms with Gasteiger partial charge in [0, 0.05) is 40.6 Å². The number of hydrogen-bond donors (Lipinski definition) is 2. The smallest absolute Gasteiger partial charge is 0.254 e. The van der Waals surface area contributed by atoms with E-state index in [-0.39, 0.29) is 17.6 Å². The average molecular weight is 523 g/mol. The van der Waals surface area contributed by atoms with Crippen LogP contribution in [0.1, 0.15) is 53.9 Å². The predicted octanol–water partition coefficient (Wildman–Crippen LogP) is 6.32. The summed E-state index contributed by atoms with van der Waals surface area (Å²) in [5.41, 5.74) is 7.75. The highest BCUT2D eigenvalue weighted by molar-refractivity contribution is 6.10. The van der Waals surface area contributed by atoms with Gasteiger partial charge in [-0.1, -0.05) is 53.6 Å². The molecule has 3 aromatic carbocycles. The number of anilines is 1. The molecule has 0 unspecified atom stereocenters. The van der Waals surface area contributed by atoms with E-state index in [0.29, 0.717) is 35.5 Å². The lowest BCUT2D eigenvalue weighted by Gasteiger charge is -2.37. The Labute approximate surface area is 229 Å². The van der Waals surface area contributed by atoms with Crippen LogP contribution in [0.15, 0.2) is 89.3 Å². The second-order valence-corrected chi connectivity index (χ2v) is 10.4. The molecule has 3 aromatic rings. The van der Waals surface area contributed by atoms with Crippen molar-refractivity contribution in [2.45, 2.75) is 45.4 Å². The summed E-state index contributed by atoms with van der Waals surface area (Å²) in [6, 6.07) is 21.6. The lowest BCUT2D eigenvalue weighted by atomic mass is 9.71. The Morgan fingerprint density at radius 2 is 1.59 bits per heavy atom. The maximum atomic E-state index is 13.9. The van der Waals surface area contributed by atoms with Crippen LogP contribution in [0.25, 0.3) is 0 Å². The van der Waals surface area contributed by atoms with Crippen molar-refractivity contribution in [1.29, 1.82) is 0 Å². The molecule has 0 fully saturated rings. The first kappa shape index (κ1) is 26.3. The van der Waals surface area contributed by atoms with E-state index in [0.717, 1.165) is 39.3 Å². The maximum absolute atomic E-state index is 13.9. The number of carbonyl (C=O) groups is 2. The van der Waals surface area contributed by atoms with E-state index in [1.807, 2.05) is 81.4 Å². The molecule has 0 radical (unpaired) electrons. The molecule has 0 saturated carbocycles. The minimum Gasteiger partial charge on any atom is -0.493 e. The summed E-state index contributed by atoms with van der Waals surface area (Å²) in [7, 11) is 3.22. The number of hydrogen-bond acceptors (Lipinski definition) is 5. The Hall–Kier alpha value is -4.32. The van der Waals surface area contributed by atoms with E-state index >= 15 is 0 Å². The summed E-state index contributed by atoms with van der Waals surface area (Å²) in [5.74, 6) is 0.659. The lowest BCUT2D eigenvalue weighted by Crippen LogP contribution is -2.37.